The van der Waals surface area contributed by atoms with E-state index in [1.165, 1.54) is 5.56 Å². The number of phenolic OH excluding ortho intramolecular Hbond substituents is 1. The molecule has 0 bridgehead atoms. The number of hydrogen-bond donors (Lipinski definition) is 1. The summed E-state index contributed by atoms with van der Waals surface area (Å²) >= 11 is 5.98. The molecule has 1 fully saturated rings. The van der Waals surface area contributed by atoms with Crippen LogP contribution in [0.4, 0.5) is 0 Å². The third-order valence-corrected chi connectivity index (χ3v) is 4.57. The maximum absolute atomic E-state index is 9.50. The first-order valence-electron chi connectivity index (χ1n) is 7.56. The molecule has 0 spiro atoms. The highest BCUT2D eigenvalue weighted by Gasteiger charge is 2.18. The molecule has 4 heteroatoms. The Bertz CT molecular complexity index is 636. The number of phenols is 1. The second-order valence-electron chi connectivity index (χ2n) is 5.61. The number of benzene rings is 2. The standard InChI is InChI=1S/C18H20ClNO2/c1-13(20-8-10-22-11-9-20)14-2-4-15(5-3-14)16-6-7-18(21)17(19)12-16/h2-7,12-13,21H,8-11H2,1H3. The summed E-state index contributed by atoms with van der Waals surface area (Å²) in [5.74, 6) is 0.114. The van der Waals surface area contributed by atoms with Crippen LogP contribution in [0.1, 0.15) is 18.5 Å². The molecule has 0 amide bonds. The molecule has 1 heterocycles. The second-order valence-corrected chi connectivity index (χ2v) is 6.02. The van der Waals surface area contributed by atoms with Crippen LogP contribution in [-0.2, 0) is 4.74 Å². The predicted molar refractivity (Wildman–Crippen MR) is 89.4 cm³/mol. The number of ether oxygens (including phenoxy) is 1. The number of morpholine rings is 1. The van der Waals surface area contributed by atoms with Crippen LogP contribution in [-0.4, -0.2) is 36.3 Å². The number of hydrogen-bond acceptors (Lipinski definition) is 3. The van der Waals surface area contributed by atoms with Crippen molar-refractivity contribution in [1.29, 1.82) is 0 Å². The summed E-state index contributed by atoms with van der Waals surface area (Å²) in [7, 11) is 0. The molecule has 0 aliphatic carbocycles. The van der Waals surface area contributed by atoms with Crippen LogP contribution in [0.2, 0.25) is 5.02 Å². The molecule has 0 aromatic heterocycles. The Morgan fingerprint density at radius 2 is 1.68 bits per heavy atom. The van der Waals surface area contributed by atoms with Gasteiger partial charge in [0.1, 0.15) is 5.75 Å². The summed E-state index contributed by atoms with van der Waals surface area (Å²) in [6.45, 7) is 5.83. The van der Waals surface area contributed by atoms with Crippen LogP contribution in [0.3, 0.4) is 0 Å². The van der Waals surface area contributed by atoms with Gasteiger partial charge in [-0.3, -0.25) is 4.90 Å². The third kappa shape index (κ3) is 3.27. The zero-order valence-electron chi connectivity index (χ0n) is 12.6. The minimum Gasteiger partial charge on any atom is -0.506 e. The van der Waals surface area contributed by atoms with Crippen molar-refractivity contribution in [1.82, 2.24) is 4.90 Å². The molecule has 2 aromatic rings. The zero-order chi connectivity index (χ0) is 15.5. The fourth-order valence-electron chi connectivity index (χ4n) is 2.82. The van der Waals surface area contributed by atoms with E-state index in [0.717, 1.165) is 37.4 Å². The zero-order valence-corrected chi connectivity index (χ0v) is 13.4. The summed E-state index contributed by atoms with van der Waals surface area (Å²) in [6.07, 6.45) is 0. The molecule has 3 rings (SSSR count). The highest BCUT2D eigenvalue weighted by atomic mass is 35.5. The largest absolute Gasteiger partial charge is 0.506 e. The van der Waals surface area contributed by atoms with E-state index in [0.29, 0.717) is 11.1 Å². The van der Waals surface area contributed by atoms with Crippen LogP contribution in [0.5, 0.6) is 5.75 Å². The lowest BCUT2D eigenvalue weighted by atomic mass is 10.0. The topological polar surface area (TPSA) is 32.7 Å². The van der Waals surface area contributed by atoms with Crippen molar-refractivity contribution in [3.63, 3.8) is 0 Å². The van der Waals surface area contributed by atoms with Gasteiger partial charge in [-0.1, -0.05) is 41.9 Å². The Hall–Kier alpha value is -1.55. The van der Waals surface area contributed by atoms with Gasteiger partial charge in [0.25, 0.3) is 0 Å². The minimum atomic E-state index is 0.114. The predicted octanol–water partition coefficient (Wildman–Crippen LogP) is 4.11. The van der Waals surface area contributed by atoms with Crippen LogP contribution < -0.4 is 0 Å². The number of halogens is 1. The molecule has 1 N–H and O–H groups in total. The molecule has 1 aliphatic heterocycles. The molecular formula is C18H20ClNO2. The minimum absolute atomic E-state index is 0.114. The molecule has 0 radical (unpaired) electrons. The van der Waals surface area contributed by atoms with Crippen molar-refractivity contribution in [2.24, 2.45) is 0 Å². The van der Waals surface area contributed by atoms with Crippen LogP contribution in [0.25, 0.3) is 11.1 Å². The first-order valence-corrected chi connectivity index (χ1v) is 7.93. The molecule has 22 heavy (non-hydrogen) atoms. The molecule has 2 aromatic carbocycles. The van der Waals surface area contributed by atoms with E-state index in [4.69, 9.17) is 16.3 Å². The third-order valence-electron chi connectivity index (χ3n) is 4.27. The highest BCUT2D eigenvalue weighted by Crippen LogP contribution is 2.30. The average Bonchev–Trinajstić information content (AvgIpc) is 2.58. The maximum atomic E-state index is 9.50. The number of nitrogens with zero attached hydrogens (tertiary/aromatic N) is 1. The maximum Gasteiger partial charge on any atom is 0.134 e. The van der Waals surface area contributed by atoms with Crippen LogP contribution >= 0.6 is 11.6 Å². The molecule has 1 aliphatic rings. The Morgan fingerprint density at radius 3 is 2.32 bits per heavy atom. The van der Waals surface area contributed by atoms with Crippen molar-refractivity contribution in [2.45, 2.75) is 13.0 Å². The Kier molecular flexibility index (Phi) is 4.67. The monoisotopic (exact) mass is 317 g/mol. The van der Waals surface area contributed by atoms with Gasteiger partial charge in [-0.2, -0.15) is 0 Å². The van der Waals surface area contributed by atoms with Gasteiger partial charge in [-0.25, -0.2) is 0 Å². The lowest BCUT2D eigenvalue weighted by Gasteiger charge is -2.32. The highest BCUT2D eigenvalue weighted by molar-refractivity contribution is 6.32. The van der Waals surface area contributed by atoms with Gasteiger partial charge in [0.15, 0.2) is 0 Å². The van der Waals surface area contributed by atoms with E-state index >= 15 is 0 Å². The van der Waals surface area contributed by atoms with Gasteiger partial charge in [-0.15, -0.1) is 0 Å². The summed E-state index contributed by atoms with van der Waals surface area (Å²) in [4.78, 5) is 2.44. The Morgan fingerprint density at radius 1 is 1.05 bits per heavy atom. The lowest BCUT2D eigenvalue weighted by molar-refractivity contribution is 0.0198. The molecule has 1 unspecified atom stereocenters. The van der Waals surface area contributed by atoms with E-state index in [-0.39, 0.29) is 5.75 Å². The fraction of sp³-hybridized carbons (Fsp3) is 0.333. The molecule has 0 saturated carbocycles. The summed E-state index contributed by atoms with van der Waals surface area (Å²) in [5.41, 5.74) is 3.41. The van der Waals surface area contributed by atoms with Gasteiger partial charge >= 0.3 is 0 Å². The van der Waals surface area contributed by atoms with Crippen molar-refractivity contribution >= 4 is 11.6 Å². The summed E-state index contributed by atoms with van der Waals surface area (Å²) in [5, 5.41) is 9.88. The SMILES string of the molecule is CC(c1ccc(-c2ccc(O)c(Cl)c2)cc1)N1CCOCC1. The quantitative estimate of drug-likeness (QED) is 0.925. The normalized spacial score (nSPS) is 17.4. The van der Waals surface area contributed by atoms with Gasteiger partial charge in [-0.05, 0) is 35.7 Å². The first kappa shape index (κ1) is 15.3. The van der Waals surface area contributed by atoms with Crippen molar-refractivity contribution in [3.8, 4) is 16.9 Å². The first-order chi connectivity index (χ1) is 10.6. The number of rotatable bonds is 3. The van der Waals surface area contributed by atoms with Gasteiger partial charge < -0.3 is 9.84 Å². The van der Waals surface area contributed by atoms with Gasteiger partial charge in [0.05, 0.1) is 18.2 Å². The van der Waals surface area contributed by atoms with Crippen LogP contribution in [0.15, 0.2) is 42.5 Å². The van der Waals surface area contributed by atoms with Crippen molar-refractivity contribution in [3.05, 3.63) is 53.1 Å². The molecule has 1 saturated heterocycles. The van der Waals surface area contributed by atoms with E-state index < -0.39 is 0 Å². The van der Waals surface area contributed by atoms with E-state index in [1.807, 2.05) is 6.07 Å². The van der Waals surface area contributed by atoms with Crippen molar-refractivity contribution in [2.75, 3.05) is 26.3 Å². The van der Waals surface area contributed by atoms with E-state index in [9.17, 15) is 5.11 Å². The van der Waals surface area contributed by atoms with E-state index in [1.54, 1.807) is 12.1 Å². The van der Waals surface area contributed by atoms with E-state index in [2.05, 4.69) is 36.1 Å². The smallest absolute Gasteiger partial charge is 0.134 e. The average molecular weight is 318 g/mol. The fourth-order valence-corrected chi connectivity index (χ4v) is 3.00. The van der Waals surface area contributed by atoms with Gasteiger partial charge in [0.2, 0.25) is 0 Å². The molecule has 1 atom stereocenters. The Balaban J connectivity index is 1.78. The van der Waals surface area contributed by atoms with Crippen molar-refractivity contribution < 1.29 is 9.84 Å². The summed E-state index contributed by atoms with van der Waals surface area (Å²) in [6, 6.07) is 14.2. The molecule has 116 valence electrons. The van der Waals surface area contributed by atoms with Crippen LogP contribution in [0, 0.1) is 0 Å². The Labute approximate surface area is 136 Å². The van der Waals surface area contributed by atoms with Gasteiger partial charge in [0, 0.05) is 19.1 Å². The molecular weight excluding hydrogens is 298 g/mol. The second kappa shape index (κ2) is 6.69. The molecule has 3 nitrogen and oxygen atoms in total. The lowest BCUT2D eigenvalue weighted by Crippen LogP contribution is -2.37. The summed E-state index contributed by atoms with van der Waals surface area (Å²) < 4.78 is 5.41. The number of aromatic hydroxyl groups is 1.